The summed E-state index contributed by atoms with van der Waals surface area (Å²) in [5.74, 6) is -1.46. The van der Waals surface area contributed by atoms with Gasteiger partial charge in [-0.2, -0.15) is 23.3 Å². The summed E-state index contributed by atoms with van der Waals surface area (Å²) in [5, 5.41) is 8.50. The number of carbonyl (C=O) groups is 1. The zero-order valence-corrected chi connectivity index (χ0v) is 20.0. The van der Waals surface area contributed by atoms with E-state index in [0.29, 0.717) is 41.6 Å². The minimum absolute atomic E-state index is 0.289. The van der Waals surface area contributed by atoms with E-state index in [2.05, 4.69) is 20.4 Å². The lowest BCUT2D eigenvalue weighted by Gasteiger charge is -2.34. The molecule has 192 valence electrons. The monoisotopic (exact) mass is 504 g/mol. The number of rotatable bonds is 5. The van der Waals surface area contributed by atoms with E-state index >= 15 is 0 Å². The molecule has 0 saturated heterocycles. The van der Waals surface area contributed by atoms with E-state index in [1.165, 1.54) is 13.5 Å². The summed E-state index contributed by atoms with van der Waals surface area (Å²) in [7, 11) is 3.11. The average molecular weight is 505 g/mol. The molecule has 36 heavy (non-hydrogen) atoms. The van der Waals surface area contributed by atoms with Crippen LogP contribution in [0.4, 0.5) is 24.8 Å². The first-order chi connectivity index (χ1) is 17.2. The molecule has 0 radical (unpaired) electrons. The van der Waals surface area contributed by atoms with Crippen LogP contribution in [0.25, 0.3) is 11.0 Å². The lowest BCUT2D eigenvalue weighted by Crippen LogP contribution is -2.38. The van der Waals surface area contributed by atoms with Crippen molar-refractivity contribution in [2.45, 2.75) is 57.0 Å². The van der Waals surface area contributed by atoms with E-state index in [9.17, 15) is 18.0 Å². The Bertz CT molecular complexity index is 1270. The van der Waals surface area contributed by atoms with Crippen molar-refractivity contribution in [1.82, 2.24) is 24.6 Å². The van der Waals surface area contributed by atoms with E-state index in [-0.39, 0.29) is 6.04 Å². The van der Waals surface area contributed by atoms with Crippen molar-refractivity contribution >= 4 is 28.6 Å². The second-order valence-electron chi connectivity index (χ2n) is 9.22. The minimum atomic E-state index is -5.09. The topological polar surface area (TPSA) is 94.4 Å². The number of nitrogens with one attached hydrogen (secondary N) is 1. The molecule has 1 saturated carbocycles. The summed E-state index contributed by atoms with van der Waals surface area (Å²) in [6.07, 6.45) is 3.36. The fourth-order valence-electron chi connectivity index (χ4n) is 4.93. The molecule has 3 heterocycles. The van der Waals surface area contributed by atoms with Crippen molar-refractivity contribution in [3.8, 4) is 5.75 Å². The van der Waals surface area contributed by atoms with Gasteiger partial charge in [0.2, 0.25) is 5.95 Å². The SMILES string of the molecule is COc1cc2c(cc1Nc1ncc3cnn(C4CCCCC4)c3n1)C(OC(=O)C(F)(F)F)N(C)CC2. The maximum absolute atomic E-state index is 12.9. The number of fused-ring (bicyclic) bond motifs is 2. The van der Waals surface area contributed by atoms with Gasteiger partial charge in [0.1, 0.15) is 5.75 Å². The second kappa shape index (κ2) is 9.57. The van der Waals surface area contributed by atoms with Gasteiger partial charge in [0, 0.05) is 18.3 Å². The summed E-state index contributed by atoms with van der Waals surface area (Å²) in [5.41, 5.74) is 2.34. The fraction of sp³-hybridized carbons (Fsp3) is 0.500. The highest BCUT2D eigenvalue weighted by Crippen LogP contribution is 2.39. The van der Waals surface area contributed by atoms with Crippen LogP contribution >= 0.6 is 0 Å². The van der Waals surface area contributed by atoms with Gasteiger partial charge in [-0.1, -0.05) is 19.3 Å². The number of alkyl halides is 3. The molecular formula is C24H27F3N6O3. The molecule has 1 aliphatic heterocycles. The molecule has 3 aromatic rings. The summed E-state index contributed by atoms with van der Waals surface area (Å²) in [4.78, 5) is 22.2. The van der Waals surface area contributed by atoms with E-state index < -0.39 is 18.4 Å². The van der Waals surface area contributed by atoms with E-state index in [1.54, 1.807) is 36.5 Å². The number of ether oxygens (including phenoxy) is 2. The molecule has 0 amide bonds. The number of nitrogens with zero attached hydrogens (tertiary/aromatic N) is 5. The van der Waals surface area contributed by atoms with Gasteiger partial charge in [0.15, 0.2) is 11.9 Å². The summed E-state index contributed by atoms with van der Waals surface area (Å²) in [6.45, 7) is 0.420. The van der Waals surface area contributed by atoms with Crippen molar-refractivity contribution in [3.05, 3.63) is 35.7 Å². The Morgan fingerprint density at radius 2 is 1.94 bits per heavy atom. The first kappa shape index (κ1) is 24.3. The van der Waals surface area contributed by atoms with Crippen LogP contribution in [0.5, 0.6) is 5.75 Å². The highest BCUT2D eigenvalue weighted by Gasteiger charge is 2.44. The number of halogens is 3. The number of hydrogen-bond acceptors (Lipinski definition) is 8. The molecule has 2 aliphatic rings. The normalized spacial score (nSPS) is 19.2. The maximum Gasteiger partial charge on any atom is 0.490 e. The summed E-state index contributed by atoms with van der Waals surface area (Å²) < 4.78 is 51.1. The Morgan fingerprint density at radius 3 is 2.67 bits per heavy atom. The van der Waals surface area contributed by atoms with Gasteiger partial charge in [-0.05, 0) is 44.0 Å². The number of esters is 1. The molecule has 1 aliphatic carbocycles. The van der Waals surface area contributed by atoms with Gasteiger partial charge in [0.05, 0.1) is 30.4 Å². The molecule has 1 atom stereocenters. The highest BCUT2D eigenvalue weighted by atomic mass is 19.4. The average Bonchev–Trinajstić information content (AvgIpc) is 3.28. The Balaban J connectivity index is 1.48. The Morgan fingerprint density at radius 1 is 1.17 bits per heavy atom. The Kier molecular flexibility index (Phi) is 6.45. The van der Waals surface area contributed by atoms with Crippen LogP contribution in [-0.4, -0.2) is 57.5 Å². The first-order valence-electron chi connectivity index (χ1n) is 11.9. The number of aromatic nitrogens is 4. The van der Waals surface area contributed by atoms with E-state index in [4.69, 9.17) is 9.47 Å². The second-order valence-corrected chi connectivity index (χ2v) is 9.22. The van der Waals surface area contributed by atoms with Crippen LogP contribution in [0.3, 0.4) is 0 Å². The standard InChI is InChI=1S/C24H27F3N6O3/c1-32-9-8-14-10-19(35-2)18(11-17(14)21(32)36-22(34)24(25,26)27)30-23-28-12-15-13-29-33(20(15)31-23)16-6-4-3-5-7-16/h10-13,16,21H,3-9H2,1-2H3,(H,28,30,31). The largest absolute Gasteiger partial charge is 0.495 e. The lowest BCUT2D eigenvalue weighted by atomic mass is 9.96. The molecule has 5 rings (SSSR count). The maximum atomic E-state index is 12.9. The predicted octanol–water partition coefficient (Wildman–Crippen LogP) is 4.68. The molecular weight excluding hydrogens is 477 g/mol. The van der Waals surface area contributed by atoms with Gasteiger partial charge in [-0.25, -0.2) is 14.5 Å². The van der Waals surface area contributed by atoms with Crippen molar-refractivity contribution in [3.63, 3.8) is 0 Å². The third-order valence-electron chi connectivity index (χ3n) is 6.81. The molecule has 2 aromatic heterocycles. The number of carbonyl (C=O) groups excluding carboxylic acids is 1. The zero-order chi connectivity index (χ0) is 25.4. The van der Waals surface area contributed by atoms with Crippen molar-refractivity contribution in [2.24, 2.45) is 0 Å². The predicted molar refractivity (Wildman–Crippen MR) is 125 cm³/mol. The van der Waals surface area contributed by atoms with Crippen LogP contribution in [0.2, 0.25) is 0 Å². The lowest BCUT2D eigenvalue weighted by molar-refractivity contribution is -0.213. The van der Waals surface area contributed by atoms with Crippen LogP contribution in [0.1, 0.15) is 55.5 Å². The van der Waals surface area contributed by atoms with Crippen LogP contribution < -0.4 is 10.1 Å². The third-order valence-corrected chi connectivity index (χ3v) is 6.81. The van der Waals surface area contributed by atoms with Crippen molar-refractivity contribution in [2.75, 3.05) is 26.0 Å². The van der Waals surface area contributed by atoms with Crippen molar-refractivity contribution in [1.29, 1.82) is 0 Å². The first-order valence-corrected chi connectivity index (χ1v) is 11.9. The fourth-order valence-corrected chi connectivity index (χ4v) is 4.93. The minimum Gasteiger partial charge on any atom is -0.495 e. The molecule has 1 fully saturated rings. The van der Waals surface area contributed by atoms with Crippen LogP contribution in [-0.2, 0) is 16.0 Å². The molecule has 9 nitrogen and oxygen atoms in total. The molecule has 1 aromatic carbocycles. The molecule has 1 unspecified atom stereocenters. The number of benzene rings is 1. The van der Waals surface area contributed by atoms with Gasteiger partial charge < -0.3 is 14.8 Å². The molecule has 1 N–H and O–H groups in total. The van der Waals surface area contributed by atoms with E-state index in [0.717, 1.165) is 36.6 Å². The number of anilines is 2. The third kappa shape index (κ3) is 4.69. The van der Waals surface area contributed by atoms with Crippen LogP contribution in [0.15, 0.2) is 24.5 Å². The Hall–Kier alpha value is -3.41. The zero-order valence-electron chi connectivity index (χ0n) is 20.0. The Labute approximate surface area is 205 Å². The molecule has 12 heteroatoms. The number of methoxy groups -OCH3 is 1. The highest BCUT2D eigenvalue weighted by molar-refractivity contribution is 5.77. The van der Waals surface area contributed by atoms with Gasteiger partial charge in [-0.3, -0.25) is 4.90 Å². The smallest absolute Gasteiger partial charge is 0.490 e. The van der Waals surface area contributed by atoms with E-state index in [1.807, 2.05) is 4.68 Å². The number of likely N-dealkylation sites (N-methyl/N-ethyl adjacent to an activating group) is 1. The van der Waals surface area contributed by atoms with Crippen LogP contribution in [0, 0.1) is 0 Å². The quantitative estimate of drug-likeness (QED) is 0.501. The van der Waals surface area contributed by atoms with Gasteiger partial charge in [-0.15, -0.1) is 0 Å². The summed E-state index contributed by atoms with van der Waals surface area (Å²) in [6, 6.07) is 3.66. The number of hydrogen-bond donors (Lipinski definition) is 1. The summed E-state index contributed by atoms with van der Waals surface area (Å²) >= 11 is 0. The van der Waals surface area contributed by atoms with Gasteiger partial charge in [0.25, 0.3) is 0 Å². The molecule has 0 bridgehead atoms. The molecule has 0 spiro atoms. The van der Waals surface area contributed by atoms with Crippen molar-refractivity contribution < 1.29 is 27.4 Å². The van der Waals surface area contributed by atoms with Gasteiger partial charge >= 0.3 is 12.1 Å².